The van der Waals surface area contributed by atoms with E-state index in [4.69, 9.17) is 17.3 Å². The van der Waals surface area contributed by atoms with E-state index in [1.165, 1.54) is 34.9 Å². The van der Waals surface area contributed by atoms with E-state index < -0.39 is 11.7 Å². The number of anilines is 1. The summed E-state index contributed by atoms with van der Waals surface area (Å²) in [6.07, 6.45) is 4.32. The fraction of sp³-hybridized carbons (Fsp3) is 0.167. The number of amides is 2. The number of thioether (sulfide) groups is 1. The maximum Gasteiger partial charge on any atom is 0.339 e. The number of nitrogens with one attached hydrogen (secondary N) is 1. The normalized spacial score (nSPS) is 15.2. The molecule has 1 aliphatic rings. The van der Waals surface area contributed by atoms with Crippen molar-refractivity contribution < 1.29 is 24.6 Å². The van der Waals surface area contributed by atoms with E-state index in [9.17, 15) is 19.5 Å². The Bertz CT molecular complexity index is 1160. The Hall–Kier alpha value is -3.43. The van der Waals surface area contributed by atoms with Crippen molar-refractivity contribution in [2.75, 3.05) is 11.9 Å². The Kier molecular flexibility index (Phi) is 8.02. The zero-order valence-electron chi connectivity index (χ0n) is 17.8. The topological polar surface area (TPSA) is 107 Å². The summed E-state index contributed by atoms with van der Waals surface area (Å²) >= 11 is 6.58. The summed E-state index contributed by atoms with van der Waals surface area (Å²) < 4.78 is 0.452. The molecule has 0 spiro atoms. The van der Waals surface area contributed by atoms with Crippen molar-refractivity contribution in [2.45, 2.75) is 19.8 Å². The molecular weight excluding hydrogens is 460 g/mol. The number of hydrogen-bond acceptors (Lipinski definition) is 6. The Morgan fingerprint density at radius 3 is 2.58 bits per heavy atom. The monoisotopic (exact) mass is 482 g/mol. The minimum atomic E-state index is -1.26. The Morgan fingerprint density at radius 1 is 1.18 bits per heavy atom. The summed E-state index contributed by atoms with van der Waals surface area (Å²) in [6.45, 7) is 2.23. The summed E-state index contributed by atoms with van der Waals surface area (Å²) in [5.74, 6) is -2.18. The first-order valence-corrected chi connectivity index (χ1v) is 11.3. The molecule has 0 unspecified atom stereocenters. The van der Waals surface area contributed by atoms with Gasteiger partial charge in [-0.15, -0.1) is 0 Å². The number of carbonyl (C=O) groups excluding carboxylic acids is 2. The first kappa shape index (κ1) is 24.2. The number of nitrogens with zero attached hydrogens (tertiary/aromatic N) is 1. The highest BCUT2D eigenvalue weighted by Crippen LogP contribution is 2.32. The van der Waals surface area contributed by atoms with Crippen LogP contribution in [0.4, 0.5) is 5.69 Å². The molecule has 3 N–H and O–H groups in total. The third kappa shape index (κ3) is 6.53. The van der Waals surface area contributed by atoms with E-state index in [0.717, 1.165) is 11.1 Å². The van der Waals surface area contributed by atoms with Crippen LogP contribution in [0.15, 0.2) is 65.1 Å². The lowest BCUT2D eigenvalue weighted by Crippen LogP contribution is -2.29. The highest BCUT2D eigenvalue weighted by molar-refractivity contribution is 8.26. The lowest BCUT2D eigenvalue weighted by atomic mass is 10.1. The van der Waals surface area contributed by atoms with Crippen LogP contribution in [0.5, 0.6) is 5.75 Å². The van der Waals surface area contributed by atoms with Crippen LogP contribution in [0.1, 0.15) is 35.7 Å². The third-order valence-corrected chi connectivity index (χ3v) is 6.10. The van der Waals surface area contributed by atoms with Gasteiger partial charge in [0.2, 0.25) is 5.91 Å². The quantitative estimate of drug-likeness (QED) is 0.371. The molecular formula is C24H22N2O5S2. The number of aromatic hydroxyl groups is 1. The van der Waals surface area contributed by atoms with E-state index in [2.05, 4.69) is 5.32 Å². The number of rotatable bonds is 8. The summed E-state index contributed by atoms with van der Waals surface area (Å²) in [4.78, 5) is 37.9. The summed E-state index contributed by atoms with van der Waals surface area (Å²) in [7, 11) is 0. The van der Waals surface area contributed by atoms with Crippen LogP contribution in [0.3, 0.4) is 0 Å². The van der Waals surface area contributed by atoms with E-state index in [-0.39, 0.29) is 29.5 Å². The molecule has 7 nitrogen and oxygen atoms in total. The largest absolute Gasteiger partial charge is 0.507 e. The predicted molar refractivity (Wildman–Crippen MR) is 133 cm³/mol. The summed E-state index contributed by atoms with van der Waals surface area (Å²) in [5.41, 5.74) is 2.01. The van der Waals surface area contributed by atoms with Gasteiger partial charge in [-0.05, 0) is 42.7 Å². The van der Waals surface area contributed by atoms with Crippen LogP contribution in [-0.4, -0.2) is 43.8 Å². The predicted octanol–water partition coefficient (Wildman–Crippen LogP) is 4.66. The molecule has 0 radical (unpaired) electrons. The maximum atomic E-state index is 12.7. The van der Waals surface area contributed by atoms with Crippen LogP contribution in [0.25, 0.3) is 6.08 Å². The van der Waals surface area contributed by atoms with Crippen molar-refractivity contribution in [2.24, 2.45) is 0 Å². The molecule has 3 rings (SSSR count). The van der Waals surface area contributed by atoms with E-state index in [1.54, 1.807) is 0 Å². The van der Waals surface area contributed by atoms with Crippen LogP contribution in [-0.2, 0) is 9.59 Å². The molecule has 2 amide bonds. The summed E-state index contributed by atoms with van der Waals surface area (Å²) in [6, 6.07) is 13.6. The average Bonchev–Trinajstić information content (AvgIpc) is 3.01. The van der Waals surface area contributed by atoms with Crippen molar-refractivity contribution in [1.29, 1.82) is 0 Å². The number of thiocarbonyl (C=S) groups is 1. The Balaban J connectivity index is 1.53. The number of carboxylic acid groups (broad SMARTS) is 1. The van der Waals surface area contributed by atoms with Crippen LogP contribution < -0.4 is 5.32 Å². The first-order chi connectivity index (χ1) is 15.7. The second-order valence-electron chi connectivity index (χ2n) is 7.32. The van der Waals surface area contributed by atoms with Crippen molar-refractivity contribution >= 4 is 57.8 Å². The van der Waals surface area contributed by atoms with Gasteiger partial charge in [0.25, 0.3) is 5.91 Å². The number of allylic oxidation sites excluding steroid dienone is 2. The molecule has 1 heterocycles. The third-order valence-electron chi connectivity index (χ3n) is 4.72. The molecule has 0 bridgehead atoms. The lowest BCUT2D eigenvalue weighted by molar-refractivity contribution is -0.122. The molecule has 170 valence electrons. The molecule has 0 saturated carbocycles. The van der Waals surface area contributed by atoms with Crippen molar-refractivity contribution in [3.63, 3.8) is 0 Å². The van der Waals surface area contributed by atoms with Gasteiger partial charge in [0.05, 0.1) is 4.91 Å². The second-order valence-corrected chi connectivity index (χ2v) is 9.00. The van der Waals surface area contributed by atoms with Gasteiger partial charge in [-0.1, -0.05) is 60.4 Å². The molecule has 1 aliphatic heterocycles. The lowest BCUT2D eigenvalue weighted by Gasteiger charge is -2.14. The molecule has 2 aromatic carbocycles. The zero-order valence-corrected chi connectivity index (χ0v) is 19.4. The van der Waals surface area contributed by atoms with Crippen molar-refractivity contribution in [3.05, 3.63) is 76.2 Å². The smallest absolute Gasteiger partial charge is 0.339 e. The highest BCUT2D eigenvalue weighted by Gasteiger charge is 2.31. The second kappa shape index (κ2) is 10.9. The minimum absolute atomic E-state index is 0.129. The molecule has 33 heavy (non-hydrogen) atoms. The van der Waals surface area contributed by atoms with Gasteiger partial charge < -0.3 is 15.5 Å². The summed E-state index contributed by atoms with van der Waals surface area (Å²) in [5, 5.41) is 21.3. The number of carbonyl (C=O) groups is 3. The fourth-order valence-electron chi connectivity index (χ4n) is 3.16. The van der Waals surface area contributed by atoms with Gasteiger partial charge in [-0.2, -0.15) is 0 Å². The van der Waals surface area contributed by atoms with E-state index in [0.29, 0.717) is 22.2 Å². The molecule has 1 fully saturated rings. The van der Waals surface area contributed by atoms with Crippen LogP contribution in [0, 0.1) is 0 Å². The van der Waals surface area contributed by atoms with Gasteiger partial charge >= 0.3 is 5.97 Å². The zero-order chi connectivity index (χ0) is 24.0. The molecule has 9 heteroatoms. The van der Waals surface area contributed by atoms with E-state index in [1.807, 2.05) is 49.4 Å². The molecule has 0 aliphatic carbocycles. The molecule has 1 saturated heterocycles. The number of hydrogen-bond donors (Lipinski definition) is 3. The molecule has 2 aromatic rings. The van der Waals surface area contributed by atoms with Crippen LogP contribution in [0.2, 0.25) is 0 Å². The highest BCUT2D eigenvalue weighted by atomic mass is 32.2. The Labute approximate surface area is 200 Å². The number of aromatic carboxylic acids is 1. The van der Waals surface area contributed by atoms with E-state index >= 15 is 0 Å². The number of benzene rings is 2. The average molecular weight is 483 g/mol. The Morgan fingerprint density at radius 2 is 1.91 bits per heavy atom. The molecule has 0 atom stereocenters. The van der Waals surface area contributed by atoms with Gasteiger partial charge in [0.1, 0.15) is 15.6 Å². The molecule has 0 aromatic heterocycles. The minimum Gasteiger partial charge on any atom is -0.507 e. The van der Waals surface area contributed by atoms with Crippen molar-refractivity contribution in [3.8, 4) is 5.75 Å². The van der Waals surface area contributed by atoms with Crippen molar-refractivity contribution in [1.82, 2.24) is 4.90 Å². The fourth-order valence-corrected chi connectivity index (χ4v) is 4.52. The maximum absolute atomic E-state index is 12.7. The number of carboxylic acids is 1. The standard InChI is InChI=1S/C24H22N2O5S2/c1-15(12-16-6-3-2-4-7-16)13-20-22(29)26(24(32)33-20)11-5-8-21(28)25-17-9-10-18(23(30)31)19(27)14-17/h2-4,6-7,9-10,12-14,27H,5,8,11H2,1H3,(H,25,28)(H,30,31)/b15-12-,20-13+. The van der Waals surface area contributed by atoms with Gasteiger partial charge in [0.15, 0.2) is 0 Å². The van der Waals surface area contributed by atoms with Crippen LogP contribution >= 0.6 is 24.0 Å². The number of phenols is 1. The van der Waals surface area contributed by atoms with Gasteiger partial charge in [-0.3, -0.25) is 14.5 Å². The van der Waals surface area contributed by atoms with Gasteiger partial charge in [0, 0.05) is 24.7 Å². The van der Waals surface area contributed by atoms with Gasteiger partial charge in [-0.25, -0.2) is 4.79 Å². The SMILES string of the molecule is CC(=C/c1ccccc1)/C=C1/SC(=S)N(CCCC(=O)Nc2ccc(C(=O)O)c(O)c2)C1=O. The first-order valence-electron chi connectivity index (χ1n) is 10.1.